The van der Waals surface area contributed by atoms with Crippen molar-refractivity contribution in [1.82, 2.24) is 9.80 Å². The topological polar surface area (TPSA) is 66.6 Å². The van der Waals surface area contributed by atoms with E-state index in [1.807, 2.05) is 47.1 Å². The molecule has 5 nitrogen and oxygen atoms in total. The van der Waals surface area contributed by atoms with Crippen molar-refractivity contribution in [3.05, 3.63) is 35.9 Å². The fourth-order valence-corrected chi connectivity index (χ4v) is 4.54. The van der Waals surface area contributed by atoms with Gasteiger partial charge in [-0.25, -0.2) is 0 Å². The Kier molecular flexibility index (Phi) is 9.44. The van der Waals surface area contributed by atoms with E-state index in [-0.39, 0.29) is 36.2 Å². The Morgan fingerprint density at radius 1 is 1.00 bits per heavy atom. The summed E-state index contributed by atoms with van der Waals surface area (Å²) in [5.41, 5.74) is 7.31. The highest BCUT2D eigenvalue weighted by molar-refractivity contribution is 5.85. The molecule has 2 aliphatic rings. The molecular formula is C23H36ClN3O2. The average molecular weight is 422 g/mol. The lowest BCUT2D eigenvalue weighted by Crippen LogP contribution is -2.52. The molecular weight excluding hydrogens is 386 g/mol. The highest BCUT2D eigenvalue weighted by Crippen LogP contribution is 2.27. The van der Waals surface area contributed by atoms with Crippen LogP contribution in [0, 0.1) is 11.8 Å². The predicted molar refractivity (Wildman–Crippen MR) is 119 cm³/mol. The molecule has 2 N–H and O–H groups in total. The van der Waals surface area contributed by atoms with Gasteiger partial charge in [-0.3, -0.25) is 9.59 Å². The minimum atomic E-state index is -0.302. The van der Waals surface area contributed by atoms with Gasteiger partial charge in [0.05, 0.1) is 5.92 Å². The van der Waals surface area contributed by atoms with Gasteiger partial charge in [0.15, 0.2) is 0 Å². The Morgan fingerprint density at radius 2 is 1.59 bits per heavy atom. The van der Waals surface area contributed by atoms with E-state index in [0.717, 1.165) is 17.9 Å². The second-order valence-electron chi connectivity index (χ2n) is 8.47. The van der Waals surface area contributed by atoms with Gasteiger partial charge in [-0.1, -0.05) is 69.4 Å². The smallest absolute Gasteiger partial charge is 0.227 e. The number of carbonyl (C=O) groups excluding carboxylic acids is 2. The van der Waals surface area contributed by atoms with Gasteiger partial charge in [-0.15, -0.1) is 12.4 Å². The molecule has 162 valence electrons. The van der Waals surface area contributed by atoms with Crippen LogP contribution in [0.1, 0.15) is 63.5 Å². The molecule has 0 spiro atoms. The van der Waals surface area contributed by atoms with Gasteiger partial charge in [-0.2, -0.15) is 0 Å². The number of hydrogen-bond acceptors (Lipinski definition) is 3. The minimum absolute atomic E-state index is 0. The van der Waals surface area contributed by atoms with Crippen molar-refractivity contribution < 1.29 is 9.59 Å². The van der Waals surface area contributed by atoms with E-state index in [4.69, 9.17) is 5.73 Å². The summed E-state index contributed by atoms with van der Waals surface area (Å²) in [6.07, 6.45) is 8.26. The molecule has 0 radical (unpaired) electrons. The number of hydrogen-bond donors (Lipinski definition) is 1. The molecule has 29 heavy (non-hydrogen) atoms. The van der Waals surface area contributed by atoms with E-state index in [1.165, 1.54) is 32.1 Å². The molecule has 2 atom stereocenters. The fourth-order valence-electron chi connectivity index (χ4n) is 4.54. The number of nitrogens with two attached hydrogens (primary N) is 1. The second-order valence-corrected chi connectivity index (χ2v) is 8.47. The summed E-state index contributed by atoms with van der Waals surface area (Å²) in [6, 6.07) is 9.49. The minimum Gasteiger partial charge on any atom is -0.339 e. The zero-order valence-electron chi connectivity index (χ0n) is 17.6. The summed E-state index contributed by atoms with van der Waals surface area (Å²) < 4.78 is 0. The first kappa shape index (κ1) is 23.7. The maximum absolute atomic E-state index is 12.9. The van der Waals surface area contributed by atoms with Gasteiger partial charge in [0.2, 0.25) is 11.8 Å². The van der Waals surface area contributed by atoms with Crippen molar-refractivity contribution in [2.45, 2.75) is 57.9 Å². The molecule has 1 aliphatic heterocycles. The molecule has 2 unspecified atom stereocenters. The molecule has 1 heterocycles. The monoisotopic (exact) mass is 421 g/mol. The van der Waals surface area contributed by atoms with Crippen LogP contribution in [0.15, 0.2) is 30.3 Å². The molecule has 0 aromatic heterocycles. The summed E-state index contributed by atoms with van der Waals surface area (Å²) in [4.78, 5) is 29.2. The van der Waals surface area contributed by atoms with Crippen molar-refractivity contribution in [1.29, 1.82) is 0 Å². The van der Waals surface area contributed by atoms with E-state index in [2.05, 4.69) is 0 Å². The summed E-state index contributed by atoms with van der Waals surface area (Å²) in [5, 5.41) is 0. The molecule has 1 aromatic rings. The zero-order chi connectivity index (χ0) is 19.9. The van der Waals surface area contributed by atoms with Crippen molar-refractivity contribution in [2.75, 3.05) is 26.2 Å². The van der Waals surface area contributed by atoms with Crippen LogP contribution in [0.25, 0.3) is 0 Å². The highest BCUT2D eigenvalue weighted by atomic mass is 35.5. The van der Waals surface area contributed by atoms with Crippen LogP contribution < -0.4 is 5.73 Å². The van der Waals surface area contributed by atoms with Crippen LogP contribution >= 0.6 is 12.4 Å². The van der Waals surface area contributed by atoms with Gasteiger partial charge in [0.1, 0.15) is 0 Å². The Hall–Kier alpha value is -1.59. The van der Waals surface area contributed by atoms with Crippen molar-refractivity contribution in [3.8, 4) is 0 Å². The third-order valence-electron chi connectivity index (χ3n) is 6.55. The number of carbonyl (C=O) groups is 2. The van der Waals surface area contributed by atoms with Crippen molar-refractivity contribution in [3.63, 3.8) is 0 Å². The molecule has 2 amide bonds. The summed E-state index contributed by atoms with van der Waals surface area (Å²) in [7, 11) is 0. The Balaban J connectivity index is 0.00000300. The molecule has 3 rings (SSSR count). The SMILES string of the molecule is CC(C(=O)N1CCN(C(=O)CCC2CCCCC2)CC1)C(N)c1ccccc1.Cl. The number of amides is 2. The van der Waals surface area contributed by atoms with Crippen LogP contribution in [0.5, 0.6) is 0 Å². The molecule has 2 fully saturated rings. The standard InChI is InChI=1S/C23H35N3O2.ClH/c1-18(22(24)20-10-6-3-7-11-20)23(28)26-16-14-25(15-17-26)21(27)13-12-19-8-4-2-5-9-19;/h3,6-7,10-11,18-19,22H,2,4-5,8-9,12-17,24H2,1H3;1H. The number of piperazine rings is 1. The number of benzene rings is 1. The second kappa shape index (κ2) is 11.6. The number of rotatable bonds is 6. The maximum Gasteiger partial charge on any atom is 0.227 e. The van der Waals surface area contributed by atoms with E-state index < -0.39 is 0 Å². The normalized spacial score (nSPS) is 19.9. The largest absolute Gasteiger partial charge is 0.339 e. The van der Waals surface area contributed by atoms with Gasteiger partial charge in [0.25, 0.3) is 0 Å². The van der Waals surface area contributed by atoms with E-state index in [9.17, 15) is 9.59 Å². The summed E-state index contributed by atoms with van der Waals surface area (Å²) in [5.74, 6) is 0.814. The summed E-state index contributed by atoms with van der Waals surface area (Å²) in [6.45, 7) is 4.41. The Labute approximate surface area is 181 Å². The van der Waals surface area contributed by atoms with Crippen LogP contribution in [0.3, 0.4) is 0 Å². The molecule has 0 bridgehead atoms. The van der Waals surface area contributed by atoms with Crippen LogP contribution in [0.2, 0.25) is 0 Å². The van der Waals surface area contributed by atoms with Crippen molar-refractivity contribution >= 4 is 24.2 Å². The lowest BCUT2D eigenvalue weighted by Gasteiger charge is -2.37. The molecule has 1 saturated carbocycles. The number of nitrogens with zero attached hydrogens (tertiary/aromatic N) is 2. The lowest BCUT2D eigenvalue weighted by molar-refractivity contribution is -0.142. The number of halogens is 1. The average Bonchev–Trinajstić information content (AvgIpc) is 2.77. The quantitative estimate of drug-likeness (QED) is 0.760. The first-order chi connectivity index (χ1) is 13.6. The van der Waals surface area contributed by atoms with E-state index >= 15 is 0 Å². The molecule has 1 saturated heterocycles. The van der Waals surface area contributed by atoms with Gasteiger partial charge >= 0.3 is 0 Å². The Morgan fingerprint density at radius 3 is 2.21 bits per heavy atom. The highest BCUT2D eigenvalue weighted by Gasteiger charge is 2.30. The van der Waals surface area contributed by atoms with Crippen LogP contribution in [-0.2, 0) is 9.59 Å². The van der Waals surface area contributed by atoms with Gasteiger partial charge in [-0.05, 0) is 17.9 Å². The van der Waals surface area contributed by atoms with E-state index in [0.29, 0.717) is 32.6 Å². The molecule has 1 aromatic carbocycles. The van der Waals surface area contributed by atoms with Crippen LogP contribution in [0.4, 0.5) is 0 Å². The van der Waals surface area contributed by atoms with E-state index in [1.54, 1.807) is 0 Å². The predicted octanol–water partition coefficient (Wildman–Crippen LogP) is 3.78. The zero-order valence-corrected chi connectivity index (χ0v) is 18.4. The third kappa shape index (κ3) is 6.45. The third-order valence-corrected chi connectivity index (χ3v) is 6.55. The van der Waals surface area contributed by atoms with Gasteiger partial charge in [0, 0.05) is 38.6 Å². The molecule has 1 aliphatic carbocycles. The summed E-state index contributed by atoms with van der Waals surface area (Å²) >= 11 is 0. The molecule has 6 heteroatoms. The maximum atomic E-state index is 12.9. The lowest BCUT2D eigenvalue weighted by atomic mass is 9.86. The Bertz CT molecular complexity index is 641. The first-order valence-corrected chi connectivity index (χ1v) is 10.9. The van der Waals surface area contributed by atoms with Crippen molar-refractivity contribution in [2.24, 2.45) is 17.6 Å². The van der Waals surface area contributed by atoms with Crippen LogP contribution in [-0.4, -0.2) is 47.8 Å². The fraction of sp³-hybridized carbons (Fsp3) is 0.652. The first-order valence-electron chi connectivity index (χ1n) is 10.9. The van der Waals surface area contributed by atoms with Gasteiger partial charge < -0.3 is 15.5 Å².